The van der Waals surface area contributed by atoms with Crippen LogP contribution in [0.4, 0.5) is 0 Å². The zero-order valence-electron chi connectivity index (χ0n) is 7.47. The second-order valence-corrected chi connectivity index (χ2v) is 3.43. The number of nitrogens with two attached hydrogens (primary N) is 1. The van der Waals surface area contributed by atoms with Gasteiger partial charge in [0.2, 0.25) is 0 Å². The van der Waals surface area contributed by atoms with Gasteiger partial charge >= 0.3 is 0 Å². The average molecular weight is 184 g/mol. The Morgan fingerprint density at radius 2 is 2.17 bits per heavy atom. The van der Waals surface area contributed by atoms with E-state index in [-0.39, 0.29) is 6.04 Å². The van der Waals surface area contributed by atoms with Crippen molar-refractivity contribution in [2.24, 2.45) is 5.73 Å². The molecule has 0 heterocycles. The Kier molecular flexibility index (Phi) is 3.12. The zero-order chi connectivity index (χ0) is 9.14. The van der Waals surface area contributed by atoms with E-state index in [9.17, 15) is 0 Å². The molecular formula is C10H14ClN. The SMILES string of the molecule is CC[C@H](N)c1ccc(Cl)c(C)c1. The third-order valence-electron chi connectivity index (χ3n) is 2.05. The molecule has 0 aromatic heterocycles. The lowest BCUT2D eigenvalue weighted by Crippen LogP contribution is -2.08. The third-order valence-corrected chi connectivity index (χ3v) is 2.47. The Morgan fingerprint density at radius 3 is 2.67 bits per heavy atom. The van der Waals surface area contributed by atoms with Gasteiger partial charge in [-0.3, -0.25) is 0 Å². The van der Waals surface area contributed by atoms with E-state index in [1.54, 1.807) is 0 Å². The molecule has 0 fully saturated rings. The van der Waals surface area contributed by atoms with Crippen LogP contribution in [-0.4, -0.2) is 0 Å². The Morgan fingerprint density at radius 1 is 1.50 bits per heavy atom. The van der Waals surface area contributed by atoms with Crippen molar-refractivity contribution in [3.05, 3.63) is 34.3 Å². The first-order valence-electron chi connectivity index (χ1n) is 4.16. The predicted octanol–water partition coefficient (Wildman–Crippen LogP) is 3.06. The lowest BCUT2D eigenvalue weighted by atomic mass is 10.0. The minimum absolute atomic E-state index is 0.140. The summed E-state index contributed by atoms with van der Waals surface area (Å²) in [6, 6.07) is 6.09. The number of hydrogen-bond acceptors (Lipinski definition) is 1. The van der Waals surface area contributed by atoms with Crippen LogP contribution in [0, 0.1) is 6.92 Å². The first-order valence-corrected chi connectivity index (χ1v) is 4.54. The molecule has 0 radical (unpaired) electrons. The number of aryl methyl sites for hydroxylation is 1. The predicted molar refractivity (Wildman–Crippen MR) is 53.4 cm³/mol. The second-order valence-electron chi connectivity index (χ2n) is 3.02. The highest BCUT2D eigenvalue weighted by atomic mass is 35.5. The molecule has 0 aliphatic heterocycles. The second kappa shape index (κ2) is 3.92. The first-order chi connectivity index (χ1) is 5.65. The Bertz CT molecular complexity index is 271. The molecule has 2 N–H and O–H groups in total. The monoisotopic (exact) mass is 183 g/mol. The molecule has 12 heavy (non-hydrogen) atoms. The fraction of sp³-hybridized carbons (Fsp3) is 0.400. The summed E-state index contributed by atoms with van der Waals surface area (Å²) in [4.78, 5) is 0. The van der Waals surface area contributed by atoms with Gasteiger partial charge in [-0.05, 0) is 30.5 Å². The molecule has 0 aliphatic rings. The van der Waals surface area contributed by atoms with Crippen molar-refractivity contribution in [1.29, 1.82) is 0 Å². The highest BCUT2D eigenvalue weighted by Gasteiger charge is 2.03. The Labute approximate surface area is 78.5 Å². The molecule has 1 atom stereocenters. The number of benzene rings is 1. The molecule has 0 aliphatic carbocycles. The average Bonchev–Trinajstić information content (AvgIpc) is 2.08. The van der Waals surface area contributed by atoms with E-state index in [0.717, 1.165) is 17.0 Å². The molecular weight excluding hydrogens is 170 g/mol. The van der Waals surface area contributed by atoms with Crippen LogP contribution in [0.5, 0.6) is 0 Å². The van der Waals surface area contributed by atoms with Gasteiger partial charge in [-0.1, -0.05) is 30.7 Å². The standard InChI is InChI=1S/C10H14ClN/c1-3-10(12)8-4-5-9(11)7(2)6-8/h4-6,10H,3,12H2,1-2H3/t10-/m0/s1. The molecule has 1 rings (SSSR count). The maximum atomic E-state index is 5.89. The van der Waals surface area contributed by atoms with Crippen LogP contribution < -0.4 is 5.73 Å². The molecule has 0 unspecified atom stereocenters. The lowest BCUT2D eigenvalue weighted by molar-refractivity contribution is 0.698. The van der Waals surface area contributed by atoms with Crippen LogP contribution in [0.15, 0.2) is 18.2 Å². The summed E-state index contributed by atoms with van der Waals surface area (Å²) in [7, 11) is 0. The summed E-state index contributed by atoms with van der Waals surface area (Å²) >= 11 is 5.89. The molecule has 1 aromatic rings. The molecule has 66 valence electrons. The third kappa shape index (κ3) is 1.99. The minimum atomic E-state index is 0.140. The highest BCUT2D eigenvalue weighted by Crippen LogP contribution is 2.20. The largest absolute Gasteiger partial charge is 0.324 e. The number of hydrogen-bond donors (Lipinski definition) is 1. The van der Waals surface area contributed by atoms with E-state index < -0.39 is 0 Å². The van der Waals surface area contributed by atoms with Crippen molar-refractivity contribution in [3.63, 3.8) is 0 Å². The van der Waals surface area contributed by atoms with Crippen LogP contribution in [0.25, 0.3) is 0 Å². The maximum Gasteiger partial charge on any atom is 0.0435 e. The van der Waals surface area contributed by atoms with Gasteiger partial charge in [-0.25, -0.2) is 0 Å². The molecule has 0 saturated heterocycles. The molecule has 2 heteroatoms. The first kappa shape index (κ1) is 9.56. The highest BCUT2D eigenvalue weighted by molar-refractivity contribution is 6.31. The number of rotatable bonds is 2. The molecule has 0 amide bonds. The topological polar surface area (TPSA) is 26.0 Å². The van der Waals surface area contributed by atoms with Gasteiger partial charge < -0.3 is 5.73 Å². The van der Waals surface area contributed by atoms with Crippen LogP contribution >= 0.6 is 11.6 Å². The van der Waals surface area contributed by atoms with Crippen molar-refractivity contribution in [3.8, 4) is 0 Å². The molecule has 1 nitrogen and oxygen atoms in total. The lowest BCUT2D eigenvalue weighted by Gasteiger charge is -2.10. The van der Waals surface area contributed by atoms with E-state index in [4.69, 9.17) is 17.3 Å². The van der Waals surface area contributed by atoms with Crippen LogP contribution in [-0.2, 0) is 0 Å². The number of halogens is 1. The fourth-order valence-electron chi connectivity index (χ4n) is 1.13. The van der Waals surface area contributed by atoms with Crippen LogP contribution in [0.1, 0.15) is 30.5 Å². The zero-order valence-corrected chi connectivity index (χ0v) is 8.23. The van der Waals surface area contributed by atoms with Crippen molar-refractivity contribution in [2.75, 3.05) is 0 Å². The van der Waals surface area contributed by atoms with Crippen molar-refractivity contribution >= 4 is 11.6 Å². The smallest absolute Gasteiger partial charge is 0.0435 e. The summed E-state index contributed by atoms with van der Waals surface area (Å²) < 4.78 is 0. The van der Waals surface area contributed by atoms with E-state index in [1.807, 2.05) is 19.1 Å². The Hall–Kier alpha value is -0.530. The molecule has 0 saturated carbocycles. The van der Waals surface area contributed by atoms with E-state index in [1.165, 1.54) is 5.56 Å². The van der Waals surface area contributed by atoms with E-state index in [0.29, 0.717) is 0 Å². The van der Waals surface area contributed by atoms with Gasteiger partial charge in [0, 0.05) is 11.1 Å². The summed E-state index contributed by atoms with van der Waals surface area (Å²) in [5, 5.41) is 0.807. The van der Waals surface area contributed by atoms with Crippen LogP contribution in [0.3, 0.4) is 0 Å². The minimum Gasteiger partial charge on any atom is -0.324 e. The normalized spacial score (nSPS) is 13.0. The van der Waals surface area contributed by atoms with Crippen molar-refractivity contribution in [1.82, 2.24) is 0 Å². The van der Waals surface area contributed by atoms with Gasteiger partial charge in [0.05, 0.1) is 0 Å². The van der Waals surface area contributed by atoms with Gasteiger partial charge in [0.15, 0.2) is 0 Å². The van der Waals surface area contributed by atoms with Crippen LogP contribution in [0.2, 0.25) is 5.02 Å². The summed E-state index contributed by atoms with van der Waals surface area (Å²) in [6.45, 7) is 4.07. The van der Waals surface area contributed by atoms with E-state index in [2.05, 4.69) is 13.0 Å². The molecule has 1 aromatic carbocycles. The van der Waals surface area contributed by atoms with E-state index >= 15 is 0 Å². The fourth-order valence-corrected chi connectivity index (χ4v) is 1.25. The van der Waals surface area contributed by atoms with Gasteiger partial charge in [-0.2, -0.15) is 0 Å². The van der Waals surface area contributed by atoms with Gasteiger partial charge in [-0.15, -0.1) is 0 Å². The molecule has 0 spiro atoms. The summed E-state index contributed by atoms with van der Waals surface area (Å²) in [5.74, 6) is 0. The quantitative estimate of drug-likeness (QED) is 0.750. The molecule has 0 bridgehead atoms. The summed E-state index contributed by atoms with van der Waals surface area (Å²) in [6.07, 6.45) is 0.959. The van der Waals surface area contributed by atoms with Crippen molar-refractivity contribution < 1.29 is 0 Å². The van der Waals surface area contributed by atoms with Gasteiger partial charge in [0.1, 0.15) is 0 Å². The van der Waals surface area contributed by atoms with Crippen molar-refractivity contribution in [2.45, 2.75) is 26.3 Å². The Balaban J connectivity index is 2.96. The maximum absolute atomic E-state index is 5.89. The summed E-state index contributed by atoms with van der Waals surface area (Å²) in [5.41, 5.74) is 8.13. The van der Waals surface area contributed by atoms with Gasteiger partial charge in [0.25, 0.3) is 0 Å².